The normalized spacial score (nSPS) is 10.4. The third kappa shape index (κ3) is 4.21. The first kappa shape index (κ1) is 13.8. The smallest absolute Gasteiger partial charge is 0.224 e. The Hall–Kier alpha value is -1.62. The molecule has 1 N–H and O–H groups in total. The number of nitrogens with zero attached hydrogens (tertiary/aromatic N) is 3. The molecule has 19 heavy (non-hydrogen) atoms. The molecule has 0 atom stereocenters. The monoisotopic (exact) mass is 276 g/mol. The number of rotatable bonds is 7. The van der Waals surface area contributed by atoms with E-state index in [9.17, 15) is 0 Å². The van der Waals surface area contributed by atoms with Gasteiger partial charge in [0, 0.05) is 31.2 Å². The Labute approximate surface area is 118 Å². The topological polar surface area (TPSA) is 41.1 Å². The molecule has 0 amide bonds. The van der Waals surface area contributed by atoms with Crippen LogP contribution in [0.5, 0.6) is 0 Å². The van der Waals surface area contributed by atoms with Crippen molar-refractivity contribution in [1.29, 1.82) is 0 Å². The molecule has 0 spiro atoms. The number of hydrogen-bond acceptors (Lipinski definition) is 5. The van der Waals surface area contributed by atoms with Gasteiger partial charge in [0.1, 0.15) is 5.82 Å². The summed E-state index contributed by atoms with van der Waals surface area (Å²) in [4.78, 5) is 12.3. The van der Waals surface area contributed by atoms with Crippen LogP contribution < -0.4 is 10.2 Å². The molecule has 0 fully saturated rings. The summed E-state index contributed by atoms with van der Waals surface area (Å²) in [7, 11) is 2.07. The first-order chi connectivity index (χ1) is 9.29. The third-order valence-corrected chi connectivity index (χ3v) is 3.77. The van der Waals surface area contributed by atoms with Crippen LogP contribution in [-0.2, 0) is 6.42 Å². The predicted octanol–water partition coefficient (Wildman–Crippen LogP) is 3.04. The highest BCUT2D eigenvalue weighted by atomic mass is 32.1. The number of thiophene rings is 1. The summed E-state index contributed by atoms with van der Waals surface area (Å²) in [5, 5.41) is 5.33. The minimum absolute atomic E-state index is 0.710. The maximum atomic E-state index is 4.52. The van der Waals surface area contributed by atoms with Crippen molar-refractivity contribution in [2.75, 3.05) is 30.4 Å². The van der Waals surface area contributed by atoms with Gasteiger partial charge in [0.25, 0.3) is 0 Å². The van der Waals surface area contributed by atoms with Gasteiger partial charge < -0.3 is 10.2 Å². The summed E-state index contributed by atoms with van der Waals surface area (Å²) in [6, 6.07) is 6.22. The zero-order valence-corrected chi connectivity index (χ0v) is 12.3. The summed E-state index contributed by atoms with van der Waals surface area (Å²) >= 11 is 1.80. The quantitative estimate of drug-likeness (QED) is 0.844. The molecule has 0 aliphatic rings. The van der Waals surface area contributed by atoms with E-state index in [2.05, 4.69) is 51.7 Å². The second kappa shape index (κ2) is 7.09. The zero-order valence-electron chi connectivity index (χ0n) is 11.5. The lowest BCUT2D eigenvalue weighted by atomic mass is 10.3. The van der Waals surface area contributed by atoms with Crippen molar-refractivity contribution < 1.29 is 0 Å². The van der Waals surface area contributed by atoms with Gasteiger partial charge in [0.05, 0.1) is 0 Å². The van der Waals surface area contributed by atoms with Crippen LogP contribution in [0.1, 0.15) is 18.2 Å². The lowest BCUT2D eigenvalue weighted by Crippen LogP contribution is -2.21. The first-order valence-corrected chi connectivity index (χ1v) is 7.48. The molecule has 0 unspecified atom stereocenters. The van der Waals surface area contributed by atoms with Gasteiger partial charge >= 0.3 is 0 Å². The summed E-state index contributed by atoms with van der Waals surface area (Å²) < 4.78 is 0. The summed E-state index contributed by atoms with van der Waals surface area (Å²) in [5.74, 6) is 1.67. The summed E-state index contributed by atoms with van der Waals surface area (Å²) in [5.41, 5.74) is 0. The van der Waals surface area contributed by atoms with E-state index in [-0.39, 0.29) is 0 Å². The van der Waals surface area contributed by atoms with Crippen molar-refractivity contribution in [3.63, 3.8) is 0 Å². The summed E-state index contributed by atoms with van der Waals surface area (Å²) in [6.45, 7) is 4.00. The van der Waals surface area contributed by atoms with Crippen molar-refractivity contribution >= 4 is 23.1 Å². The van der Waals surface area contributed by atoms with E-state index >= 15 is 0 Å². The Morgan fingerprint density at radius 3 is 3.00 bits per heavy atom. The number of anilines is 2. The van der Waals surface area contributed by atoms with Gasteiger partial charge in [-0.2, -0.15) is 4.98 Å². The van der Waals surface area contributed by atoms with Crippen LogP contribution in [0.15, 0.2) is 29.8 Å². The molecule has 2 aromatic rings. The average Bonchev–Trinajstić information content (AvgIpc) is 2.96. The minimum atomic E-state index is 0.710. The van der Waals surface area contributed by atoms with Gasteiger partial charge in [-0.05, 0) is 30.4 Å². The van der Waals surface area contributed by atoms with E-state index in [0.717, 1.165) is 31.7 Å². The van der Waals surface area contributed by atoms with E-state index in [4.69, 9.17) is 0 Å². The fourth-order valence-electron chi connectivity index (χ4n) is 1.73. The Bertz CT molecular complexity index is 484. The van der Waals surface area contributed by atoms with E-state index in [1.165, 1.54) is 4.88 Å². The van der Waals surface area contributed by atoms with Gasteiger partial charge in [-0.1, -0.05) is 13.0 Å². The van der Waals surface area contributed by atoms with Gasteiger partial charge in [-0.25, -0.2) is 4.98 Å². The van der Waals surface area contributed by atoms with E-state index in [1.54, 1.807) is 11.3 Å². The van der Waals surface area contributed by atoms with Crippen molar-refractivity contribution in [1.82, 2.24) is 9.97 Å². The predicted molar refractivity (Wildman–Crippen MR) is 82.1 cm³/mol. The number of likely N-dealkylation sites (N-methyl/N-ethyl adjacent to an activating group) is 1. The van der Waals surface area contributed by atoms with Gasteiger partial charge in [0.15, 0.2) is 0 Å². The second-order valence-electron chi connectivity index (χ2n) is 4.42. The van der Waals surface area contributed by atoms with Crippen LogP contribution in [0.3, 0.4) is 0 Å². The number of hydrogen-bond donors (Lipinski definition) is 1. The molecule has 4 nitrogen and oxygen atoms in total. The average molecular weight is 276 g/mol. The lowest BCUT2D eigenvalue weighted by Gasteiger charge is -2.18. The first-order valence-electron chi connectivity index (χ1n) is 6.60. The Kier molecular flexibility index (Phi) is 5.15. The molecule has 0 bridgehead atoms. The maximum Gasteiger partial charge on any atom is 0.224 e. The molecule has 2 aromatic heterocycles. The van der Waals surface area contributed by atoms with Crippen LogP contribution in [0.4, 0.5) is 11.8 Å². The van der Waals surface area contributed by atoms with Crippen molar-refractivity contribution in [3.05, 3.63) is 34.7 Å². The Balaban J connectivity index is 1.92. The molecule has 0 aromatic carbocycles. The Morgan fingerprint density at radius 1 is 1.37 bits per heavy atom. The highest BCUT2D eigenvalue weighted by molar-refractivity contribution is 7.09. The minimum Gasteiger partial charge on any atom is -0.359 e. The maximum absolute atomic E-state index is 4.52. The molecule has 0 saturated carbocycles. The molecule has 0 aliphatic heterocycles. The molecule has 0 radical (unpaired) electrons. The van der Waals surface area contributed by atoms with Crippen LogP contribution in [-0.4, -0.2) is 30.1 Å². The molecule has 0 saturated heterocycles. The standard InChI is InChI=1S/C14H20N4S/c1-3-8-15-14-16-9-6-13(17-14)18(2)10-7-12-5-4-11-19-12/h4-6,9,11H,3,7-8,10H2,1-2H3,(H,15,16,17). The van der Waals surface area contributed by atoms with Crippen molar-refractivity contribution in [2.45, 2.75) is 19.8 Å². The van der Waals surface area contributed by atoms with E-state index in [1.807, 2.05) is 12.3 Å². The largest absolute Gasteiger partial charge is 0.359 e. The fraction of sp³-hybridized carbons (Fsp3) is 0.429. The van der Waals surface area contributed by atoms with Crippen LogP contribution in [0.25, 0.3) is 0 Å². The number of aromatic nitrogens is 2. The fourth-order valence-corrected chi connectivity index (χ4v) is 2.43. The van der Waals surface area contributed by atoms with Crippen LogP contribution in [0, 0.1) is 0 Å². The molecular formula is C14H20N4S. The molecule has 2 heterocycles. The highest BCUT2D eigenvalue weighted by Gasteiger charge is 2.05. The second-order valence-corrected chi connectivity index (χ2v) is 5.45. The third-order valence-electron chi connectivity index (χ3n) is 2.84. The van der Waals surface area contributed by atoms with Gasteiger partial charge in [-0.3, -0.25) is 0 Å². The van der Waals surface area contributed by atoms with Crippen molar-refractivity contribution in [3.8, 4) is 0 Å². The SMILES string of the molecule is CCCNc1nccc(N(C)CCc2cccs2)n1. The van der Waals surface area contributed by atoms with Gasteiger partial charge in [0.2, 0.25) is 5.95 Å². The van der Waals surface area contributed by atoms with Crippen LogP contribution >= 0.6 is 11.3 Å². The highest BCUT2D eigenvalue weighted by Crippen LogP contribution is 2.13. The Morgan fingerprint density at radius 2 is 2.26 bits per heavy atom. The van der Waals surface area contributed by atoms with Crippen LogP contribution in [0.2, 0.25) is 0 Å². The number of nitrogens with one attached hydrogen (secondary N) is 1. The van der Waals surface area contributed by atoms with Gasteiger partial charge in [-0.15, -0.1) is 11.3 Å². The summed E-state index contributed by atoms with van der Waals surface area (Å²) in [6.07, 6.45) is 3.93. The molecule has 5 heteroatoms. The lowest BCUT2D eigenvalue weighted by molar-refractivity contribution is 0.861. The van der Waals surface area contributed by atoms with E-state index < -0.39 is 0 Å². The molecule has 2 rings (SSSR count). The molecular weight excluding hydrogens is 256 g/mol. The molecule has 102 valence electrons. The van der Waals surface area contributed by atoms with E-state index in [0.29, 0.717) is 5.95 Å². The van der Waals surface area contributed by atoms with Crippen molar-refractivity contribution in [2.24, 2.45) is 0 Å². The molecule has 0 aliphatic carbocycles. The zero-order chi connectivity index (χ0) is 13.5.